The molecule has 8 heteroatoms. The van der Waals surface area contributed by atoms with Crippen LogP contribution in [0, 0.1) is 0 Å². The number of carbonyl (C=O) groups excluding carboxylic acids is 2. The van der Waals surface area contributed by atoms with E-state index in [0.717, 1.165) is 0 Å². The number of nitrogens with zero attached hydrogens (tertiary/aromatic N) is 2. The summed E-state index contributed by atoms with van der Waals surface area (Å²) in [7, 11) is 0. The molecule has 2 N–H and O–H groups in total. The standard InChI is InChI=1S/C19H17ClN4O3/c1-11(2)27-19(26)15-9-12(7-8-16(15)20)23-18(25)14-6-4-3-5-13(14)17-21-10-22-24-17/h3-11H,1-2H3,(H,23,25)(H,21,22,24). The van der Waals surface area contributed by atoms with Crippen molar-refractivity contribution < 1.29 is 14.3 Å². The monoisotopic (exact) mass is 384 g/mol. The topological polar surface area (TPSA) is 97.0 Å². The quantitative estimate of drug-likeness (QED) is 0.649. The normalized spacial score (nSPS) is 10.7. The first-order valence-corrected chi connectivity index (χ1v) is 8.60. The van der Waals surface area contributed by atoms with Crippen LogP contribution in [0.15, 0.2) is 48.8 Å². The first-order chi connectivity index (χ1) is 13.0. The van der Waals surface area contributed by atoms with Gasteiger partial charge in [0.25, 0.3) is 5.91 Å². The molecule has 1 aromatic heterocycles. The maximum absolute atomic E-state index is 12.8. The average Bonchev–Trinajstić information content (AvgIpc) is 3.17. The summed E-state index contributed by atoms with van der Waals surface area (Å²) in [5.74, 6) is -0.418. The van der Waals surface area contributed by atoms with Gasteiger partial charge in [0.2, 0.25) is 0 Å². The van der Waals surface area contributed by atoms with Crippen molar-refractivity contribution in [3.05, 3.63) is 64.9 Å². The second kappa shape index (κ2) is 8.01. The Morgan fingerprint density at radius 1 is 1.15 bits per heavy atom. The van der Waals surface area contributed by atoms with E-state index in [-0.39, 0.29) is 22.6 Å². The van der Waals surface area contributed by atoms with Crippen molar-refractivity contribution in [2.45, 2.75) is 20.0 Å². The number of nitrogens with one attached hydrogen (secondary N) is 2. The molecule has 1 heterocycles. The fourth-order valence-electron chi connectivity index (χ4n) is 2.46. The van der Waals surface area contributed by atoms with Gasteiger partial charge in [-0.1, -0.05) is 29.8 Å². The Labute approximate surface area is 160 Å². The van der Waals surface area contributed by atoms with E-state index in [0.29, 0.717) is 22.6 Å². The number of amides is 1. The number of carbonyl (C=O) groups is 2. The highest BCUT2D eigenvalue weighted by molar-refractivity contribution is 6.33. The molecule has 3 rings (SSSR count). The Bertz CT molecular complexity index is 971. The lowest BCUT2D eigenvalue weighted by atomic mass is 10.1. The number of esters is 1. The van der Waals surface area contributed by atoms with Gasteiger partial charge in [0.05, 0.1) is 22.3 Å². The van der Waals surface area contributed by atoms with Crippen molar-refractivity contribution >= 4 is 29.2 Å². The van der Waals surface area contributed by atoms with Crippen molar-refractivity contribution in [2.75, 3.05) is 5.32 Å². The van der Waals surface area contributed by atoms with E-state index < -0.39 is 5.97 Å². The third-order valence-electron chi connectivity index (χ3n) is 3.63. The molecule has 0 saturated heterocycles. The van der Waals surface area contributed by atoms with E-state index in [1.165, 1.54) is 18.5 Å². The number of aromatic amines is 1. The van der Waals surface area contributed by atoms with Crippen LogP contribution in [0.3, 0.4) is 0 Å². The number of aromatic nitrogens is 3. The molecule has 0 aliphatic heterocycles. The van der Waals surface area contributed by atoms with Crippen LogP contribution in [0.4, 0.5) is 5.69 Å². The molecule has 0 bridgehead atoms. The van der Waals surface area contributed by atoms with E-state index in [1.807, 2.05) is 0 Å². The Hall–Kier alpha value is -3.19. The molecule has 1 amide bonds. The van der Waals surface area contributed by atoms with Gasteiger partial charge in [0.15, 0.2) is 5.82 Å². The van der Waals surface area contributed by atoms with Crippen molar-refractivity contribution in [3.63, 3.8) is 0 Å². The molecule has 138 valence electrons. The van der Waals surface area contributed by atoms with Crippen LogP contribution in [0.5, 0.6) is 0 Å². The van der Waals surface area contributed by atoms with Gasteiger partial charge >= 0.3 is 5.97 Å². The SMILES string of the molecule is CC(C)OC(=O)c1cc(NC(=O)c2ccccc2-c2ncn[nH]2)ccc1Cl. The fraction of sp³-hybridized carbons (Fsp3) is 0.158. The summed E-state index contributed by atoms with van der Waals surface area (Å²) < 4.78 is 5.17. The predicted molar refractivity (Wildman–Crippen MR) is 102 cm³/mol. The molecule has 7 nitrogen and oxygen atoms in total. The molecule has 0 aliphatic carbocycles. The van der Waals surface area contributed by atoms with Gasteiger partial charge in [0, 0.05) is 11.3 Å². The van der Waals surface area contributed by atoms with E-state index in [4.69, 9.17) is 16.3 Å². The van der Waals surface area contributed by atoms with Gasteiger partial charge in [-0.25, -0.2) is 9.78 Å². The number of ether oxygens (including phenoxy) is 1. The molecular formula is C19H17ClN4O3. The molecule has 0 fully saturated rings. The van der Waals surface area contributed by atoms with Gasteiger partial charge in [0.1, 0.15) is 6.33 Å². The van der Waals surface area contributed by atoms with Crippen LogP contribution in [0.2, 0.25) is 5.02 Å². The Balaban J connectivity index is 1.86. The molecule has 0 saturated carbocycles. The second-order valence-corrected chi connectivity index (χ2v) is 6.39. The van der Waals surface area contributed by atoms with Gasteiger partial charge in [-0.3, -0.25) is 9.89 Å². The lowest BCUT2D eigenvalue weighted by Gasteiger charge is -2.12. The summed E-state index contributed by atoms with van der Waals surface area (Å²) in [6.45, 7) is 3.50. The summed E-state index contributed by atoms with van der Waals surface area (Å²) in [6.07, 6.45) is 1.09. The first-order valence-electron chi connectivity index (χ1n) is 8.22. The highest BCUT2D eigenvalue weighted by Gasteiger charge is 2.17. The molecule has 0 spiro atoms. The zero-order valence-corrected chi connectivity index (χ0v) is 15.4. The van der Waals surface area contributed by atoms with Crippen LogP contribution in [0.1, 0.15) is 34.6 Å². The fourth-order valence-corrected chi connectivity index (χ4v) is 2.65. The Morgan fingerprint density at radius 3 is 2.63 bits per heavy atom. The lowest BCUT2D eigenvalue weighted by molar-refractivity contribution is 0.0378. The zero-order chi connectivity index (χ0) is 19.4. The van der Waals surface area contributed by atoms with E-state index in [1.54, 1.807) is 44.2 Å². The van der Waals surface area contributed by atoms with Crippen LogP contribution in [-0.4, -0.2) is 33.2 Å². The highest BCUT2D eigenvalue weighted by atomic mass is 35.5. The molecule has 27 heavy (non-hydrogen) atoms. The van der Waals surface area contributed by atoms with Crippen LogP contribution in [-0.2, 0) is 4.74 Å². The zero-order valence-electron chi connectivity index (χ0n) is 14.7. The second-order valence-electron chi connectivity index (χ2n) is 5.98. The third-order valence-corrected chi connectivity index (χ3v) is 3.96. The highest BCUT2D eigenvalue weighted by Crippen LogP contribution is 2.24. The smallest absolute Gasteiger partial charge is 0.339 e. The van der Waals surface area contributed by atoms with Crippen LogP contribution in [0.25, 0.3) is 11.4 Å². The molecule has 2 aromatic carbocycles. The van der Waals surface area contributed by atoms with Crippen molar-refractivity contribution in [3.8, 4) is 11.4 Å². The van der Waals surface area contributed by atoms with Gasteiger partial charge in [-0.05, 0) is 38.1 Å². The number of hydrogen-bond donors (Lipinski definition) is 2. The number of halogens is 1. The maximum atomic E-state index is 12.8. The van der Waals surface area contributed by atoms with Gasteiger partial charge in [-0.15, -0.1) is 0 Å². The van der Waals surface area contributed by atoms with Crippen LogP contribution < -0.4 is 5.32 Å². The first kappa shape index (κ1) is 18.6. The minimum absolute atomic E-state index is 0.187. The number of rotatable bonds is 5. The minimum Gasteiger partial charge on any atom is -0.459 e. The van der Waals surface area contributed by atoms with E-state index >= 15 is 0 Å². The number of benzene rings is 2. The summed E-state index contributed by atoms with van der Waals surface area (Å²) in [5.41, 5.74) is 1.63. The molecule has 3 aromatic rings. The molecule has 0 aliphatic rings. The van der Waals surface area contributed by atoms with Gasteiger partial charge < -0.3 is 10.1 Å². The molecule has 0 atom stereocenters. The largest absolute Gasteiger partial charge is 0.459 e. The van der Waals surface area contributed by atoms with Crippen LogP contribution >= 0.6 is 11.6 Å². The van der Waals surface area contributed by atoms with Gasteiger partial charge in [-0.2, -0.15) is 5.10 Å². The predicted octanol–water partition coefficient (Wildman–Crippen LogP) is 3.94. The molecule has 0 unspecified atom stereocenters. The van der Waals surface area contributed by atoms with E-state index in [9.17, 15) is 9.59 Å². The summed E-state index contributed by atoms with van der Waals surface area (Å²) >= 11 is 6.09. The summed E-state index contributed by atoms with van der Waals surface area (Å²) in [4.78, 5) is 29.0. The average molecular weight is 385 g/mol. The lowest BCUT2D eigenvalue weighted by Crippen LogP contribution is -2.15. The maximum Gasteiger partial charge on any atom is 0.339 e. The Kier molecular flexibility index (Phi) is 5.52. The Morgan fingerprint density at radius 2 is 1.93 bits per heavy atom. The number of H-pyrrole nitrogens is 1. The van der Waals surface area contributed by atoms with Crippen molar-refractivity contribution in [2.24, 2.45) is 0 Å². The summed E-state index contributed by atoms with van der Waals surface area (Å²) in [6, 6.07) is 11.6. The van der Waals surface area contributed by atoms with E-state index in [2.05, 4.69) is 20.5 Å². The number of anilines is 1. The third kappa shape index (κ3) is 4.32. The van der Waals surface area contributed by atoms with Crippen molar-refractivity contribution in [1.29, 1.82) is 0 Å². The molecule has 0 radical (unpaired) electrons. The number of hydrogen-bond acceptors (Lipinski definition) is 5. The van der Waals surface area contributed by atoms with Crippen molar-refractivity contribution in [1.82, 2.24) is 15.2 Å². The molecular weight excluding hydrogens is 368 g/mol. The minimum atomic E-state index is -0.548. The summed E-state index contributed by atoms with van der Waals surface area (Å²) in [5, 5.41) is 9.58.